The van der Waals surface area contributed by atoms with E-state index in [0.29, 0.717) is 4.34 Å². The molecule has 1 N–H and O–H groups in total. The number of hydrogen-bond donors (Lipinski definition) is 1. The summed E-state index contributed by atoms with van der Waals surface area (Å²) in [6, 6.07) is 9.82. The molecule has 0 aromatic carbocycles. The predicted octanol–water partition coefficient (Wildman–Crippen LogP) is 5.45. The van der Waals surface area contributed by atoms with Gasteiger partial charge in [-0.3, -0.25) is 0 Å². The molecule has 0 aliphatic rings. The van der Waals surface area contributed by atoms with E-state index in [1.807, 2.05) is 36.6 Å². The molecule has 1 atom stereocenters. The second-order valence-electron chi connectivity index (χ2n) is 4.32. The highest BCUT2D eigenvalue weighted by molar-refractivity contribution is 7.20. The molecule has 98 valence electrons. The third-order valence-corrected chi connectivity index (χ3v) is 6.39. The zero-order valence-corrected chi connectivity index (χ0v) is 13.3. The fourth-order valence-electron chi connectivity index (χ4n) is 2.00. The van der Waals surface area contributed by atoms with Gasteiger partial charge in [-0.15, -0.1) is 34.0 Å². The molecule has 0 saturated heterocycles. The molecule has 0 saturated carbocycles. The quantitative estimate of drug-likeness (QED) is 0.678. The Balaban J connectivity index is 2.10. The van der Waals surface area contributed by atoms with Crippen molar-refractivity contribution >= 4 is 45.6 Å². The Hall–Kier alpha value is -0.650. The van der Waals surface area contributed by atoms with Gasteiger partial charge in [0.05, 0.1) is 9.21 Å². The molecule has 1 nitrogen and oxygen atoms in total. The minimum absolute atomic E-state index is 0.697. The van der Waals surface area contributed by atoms with E-state index in [9.17, 15) is 5.11 Å². The molecule has 3 aromatic heterocycles. The Morgan fingerprint density at radius 2 is 1.95 bits per heavy atom. The smallest absolute Gasteiger partial charge is 0.122 e. The van der Waals surface area contributed by atoms with Crippen molar-refractivity contribution in [1.29, 1.82) is 0 Å². The average molecular weight is 327 g/mol. The van der Waals surface area contributed by atoms with Gasteiger partial charge in [0.15, 0.2) is 0 Å². The van der Waals surface area contributed by atoms with Crippen LogP contribution in [-0.4, -0.2) is 5.11 Å². The van der Waals surface area contributed by atoms with Crippen molar-refractivity contribution in [3.8, 4) is 9.75 Å². The summed E-state index contributed by atoms with van der Waals surface area (Å²) < 4.78 is 0.697. The van der Waals surface area contributed by atoms with E-state index in [2.05, 4.69) is 11.4 Å². The Kier molecular flexibility index (Phi) is 3.53. The monoisotopic (exact) mass is 326 g/mol. The van der Waals surface area contributed by atoms with Gasteiger partial charge in [0, 0.05) is 15.3 Å². The maximum Gasteiger partial charge on any atom is 0.122 e. The summed E-state index contributed by atoms with van der Waals surface area (Å²) in [7, 11) is 0. The van der Waals surface area contributed by atoms with Crippen LogP contribution in [0.2, 0.25) is 4.34 Å². The molecule has 5 heteroatoms. The predicted molar refractivity (Wildman–Crippen MR) is 85.6 cm³/mol. The number of hydrogen-bond acceptors (Lipinski definition) is 4. The molecule has 3 heterocycles. The first-order valence-corrected chi connectivity index (χ1v) is 8.64. The van der Waals surface area contributed by atoms with Crippen LogP contribution in [0.25, 0.3) is 9.75 Å². The molecule has 0 amide bonds. The second-order valence-corrected chi connectivity index (χ2v) is 7.90. The lowest BCUT2D eigenvalue weighted by Gasteiger charge is -2.22. The van der Waals surface area contributed by atoms with Crippen molar-refractivity contribution in [2.45, 2.75) is 12.5 Å². The molecule has 0 aliphatic carbocycles. The highest BCUT2D eigenvalue weighted by atomic mass is 35.5. The fourth-order valence-corrected chi connectivity index (χ4v) is 4.99. The van der Waals surface area contributed by atoms with E-state index in [-0.39, 0.29) is 0 Å². The molecule has 0 bridgehead atoms. The third-order valence-electron chi connectivity index (χ3n) is 2.99. The van der Waals surface area contributed by atoms with Gasteiger partial charge >= 0.3 is 0 Å². The summed E-state index contributed by atoms with van der Waals surface area (Å²) in [4.78, 5) is 3.19. The molecule has 0 aliphatic heterocycles. The Bertz CT molecular complexity index is 679. The summed E-state index contributed by atoms with van der Waals surface area (Å²) >= 11 is 10.7. The number of aliphatic hydroxyl groups is 1. The normalized spacial score (nSPS) is 14.5. The highest BCUT2D eigenvalue weighted by Gasteiger charge is 2.31. The van der Waals surface area contributed by atoms with E-state index >= 15 is 0 Å². The topological polar surface area (TPSA) is 20.2 Å². The van der Waals surface area contributed by atoms with E-state index < -0.39 is 5.60 Å². The van der Waals surface area contributed by atoms with Crippen molar-refractivity contribution < 1.29 is 5.11 Å². The standard InChI is InChI=1S/C14H11ClOS3/c1-14(16,11-4-5-12(15)19-11)9-6-8-18-13(9)10-3-2-7-17-10/h2-8,16H,1H3. The number of rotatable bonds is 3. The minimum atomic E-state index is -1.00. The van der Waals surface area contributed by atoms with Crippen molar-refractivity contribution in [3.05, 3.63) is 55.9 Å². The van der Waals surface area contributed by atoms with Gasteiger partial charge in [0.25, 0.3) is 0 Å². The van der Waals surface area contributed by atoms with E-state index in [1.165, 1.54) is 16.2 Å². The molecule has 3 aromatic rings. The molecule has 0 radical (unpaired) electrons. The molecule has 0 fully saturated rings. The SMILES string of the molecule is CC(O)(c1ccc(Cl)s1)c1ccsc1-c1cccs1. The highest BCUT2D eigenvalue weighted by Crippen LogP contribution is 2.43. The summed E-state index contributed by atoms with van der Waals surface area (Å²) in [5.41, 5.74) is -0.0598. The van der Waals surface area contributed by atoms with Gasteiger partial charge in [0.1, 0.15) is 5.60 Å². The van der Waals surface area contributed by atoms with Crippen LogP contribution in [0.3, 0.4) is 0 Å². The molecule has 19 heavy (non-hydrogen) atoms. The first-order chi connectivity index (χ1) is 9.09. The van der Waals surface area contributed by atoms with Crippen LogP contribution in [0, 0.1) is 0 Å². The van der Waals surface area contributed by atoms with Gasteiger partial charge < -0.3 is 5.11 Å². The summed E-state index contributed by atoms with van der Waals surface area (Å²) in [6.07, 6.45) is 0. The first-order valence-electron chi connectivity index (χ1n) is 5.69. The van der Waals surface area contributed by atoms with Crippen LogP contribution in [-0.2, 0) is 5.60 Å². The fraction of sp³-hybridized carbons (Fsp3) is 0.143. The maximum absolute atomic E-state index is 10.9. The lowest BCUT2D eigenvalue weighted by Crippen LogP contribution is -2.21. The van der Waals surface area contributed by atoms with Crippen LogP contribution < -0.4 is 0 Å². The lowest BCUT2D eigenvalue weighted by atomic mass is 9.94. The van der Waals surface area contributed by atoms with Gasteiger partial charge in [-0.2, -0.15) is 0 Å². The van der Waals surface area contributed by atoms with Crippen LogP contribution in [0.5, 0.6) is 0 Å². The van der Waals surface area contributed by atoms with Crippen molar-refractivity contribution in [3.63, 3.8) is 0 Å². The van der Waals surface area contributed by atoms with E-state index in [0.717, 1.165) is 15.3 Å². The zero-order valence-electron chi connectivity index (χ0n) is 10.1. The molecule has 3 rings (SSSR count). The van der Waals surface area contributed by atoms with Crippen molar-refractivity contribution in [2.24, 2.45) is 0 Å². The largest absolute Gasteiger partial charge is 0.380 e. The van der Waals surface area contributed by atoms with Crippen molar-refractivity contribution in [1.82, 2.24) is 0 Å². The van der Waals surface area contributed by atoms with Gasteiger partial charge in [0.2, 0.25) is 0 Å². The maximum atomic E-state index is 10.9. The van der Waals surface area contributed by atoms with E-state index in [1.54, 1.807) is 22.7 Å². The van der Waals surface area contributed by atoms with Gasteiger partial charge in [-0.25, -0.2) is 0 Å². The third kappa shape index (κ3) is 2.39. The van der Waals surface area contributed by atoms with Gasteiger partial charge in [-0.05, 0) is 41.9 Å². The number of halogens is 1. The first kappa shape index (κ1) is 13.3. The Morgan fingerprint density at radius 3 is 2.58 bits per heavy atom. The molecular formula is C14H11ClOS3. The summed E-state index contributed by atoms with van der Waals surface area (Å²) in [6.45, 7) is 1.83. The second kappa shape index (κ2) is 5.04. The van der Waals surface area contributed by atoms with Crippen LogP contribution in [0.4, 0.5) is 0 Å². The van der Waals surface area contributed by atoms with Crippen molar-refractivity contribution in [2.75, 3.05) is 0 Å². The van der Waals surface area contributed by atoms with Crippen LogP contribution in [0.15, 0.2) is 41.1 Å². The minimum Gasteiger partial charge on any atom is -0.380 e. The Labute approximate surface area is 128 Å². The van der Waals surface area contributed by atoms with Gasteiger partial charge in [-0.1, -0.05) is 17.7 Å². The van der Waals surface area contributed by atoms with Crippen LogP contribution in [0.1, 0.15) is 17.4 Å². The average Bonchev–Trinajstić information content (AvgIpc) is 3.09. The van der Waals surface area contributed by atoms with E-state index in [4.69, 9.17) is 11.6 Å². The molecule has 0 spiro atoms. The lowest BCUT2D eigenvalue weighted by molar-refractivity contribution is 0.107. The molecule has 1 unspecified atom stereocenters. The summed E-state index contributed by atoms with van der Waals surface area (Å²) in [5, 5.41) is 15.0. The Morgan fingerprint density at radius 1 is 1.11 bits per heavy atom. The molecular weight excluding hydrogens is 316 g/mol. The zero-order chi connectivity index (χ0) is 13.5. The summed E-state index contributed by atoms with van der Waals surface area (Å²) in [5.74, 6) is 0. The van der Waals surface area contributed by atoms with Crippen LogP contribution >= 0.6 is 45.6 Å². The number of thiophene rings is 3.